The molecule has 2 aliphatic heterocycles. The Morgan fingerprint density at radius 3 is 1.44 bits per heavy atom. The van der Waals surface area contributed by atoms with Crippen LogP contribution in [-0.2, 0) is 20.0 Å². The number of rotatable bonds is 3. The van der Waals surface area contributed by atoms with E-state index in [2.05, 4.69) is 0 Å². The summed E-state index contributed by atoms with van der Waals surface area (Å²) in [6, 6.07) is 14.2. The van der Waals surface area contributed by atoms with Gasteiger partial charge in [-0.3, -0.25) is 4.90 Å². The van der Waals surface area contributed by atoms with Crippen molar-refractivity contribution >= 4 is 31.4 Å². The van der Waals surface area contributed by atoms with E-state index in [0.717, 1.165) is 0 Å². The number of benzene rings is 2. The number of sulfonamides is 2. The molecule has 7 nitrogen and oxygen atoms in total. The fourth-order valence-corrected chi connectivity index (χ4v) is 6.40. The molecule has 0 unspecified atom stereocenters. The van der Waals surface area contributed by atoms with Gasteiger partial charge in [-0.25, -0.2) is 25.4 Å². The molecule has 2 aromatic carbocycles. The standard InChI is InChI=1S/C18H21N3O4S2/c1-4-19-17-14-10-6-8-12-16(14)21(27(3,24)25)18(19)13-9-5-7-11-15(13)20(17)26(2,22)23/h5-12,17-18H,4H2,1-3H3/t17-,18+. The first-order valence-corrected chi connectivity index (χ1v) is 12.3. The van der Waals surface area contributed by atoms with Gasteiger partial charge in [-0.05, 0) is 18.7 Å². The fraction of sp³-hybridized carbons (Fsp3) is 0.333. The van der Waals surface area contributed by atoms with Crippen LogP contribution in [0.5, 0.6) is 0 Å². The summed E-state index contributed by atoms with van der Waals surface area (Å²) in [6.07, 6.45) is 1.17. The minimum atomic E-state index is -3.61. The Kier molecular flexibility index (Phi) is 4.03. The minimum Gasteiger partial charge on any atom is -0.254 e. The molecule has 0 aliphatic carbocycles. The van der Waals surface area contributed by atoms with Crippen LogP contribution >= 0.6 is 0 Å². The quantitative estimate of drug-likeness (QED) is 0.780. The largest absolute Gasteiger partial charge is 0.254 e. The summed E-state index contributed by atoms with van der Waals surface area (Å²) in [5.41, 5.74) is 2.34. The normalized spacial score (nSPS) is 22.3. The lowest BCUT2D eigenvalue weighted by Crippen LogP contribution is -2.58. The Morgan fingerprint density at radius 2 is 1.11 bits per heavy atom. The molecule has 2 heterocycles. The Bertz CT molecular complexity index is 1030. The molecule has 2 aliphatic rings. The molecular weight excluding hydrogens is 386 g/mol. The summed E-state index contributed by atoms with van der Waals surface area (Å²) < 4.78 is 53.9. The van der Waals surface area contributed by atoms with E-state index in [1.54, 1.807) is 48.5 Å². The summed E-state index contributed by atoms with van der Waals surface area (Å²) in [5.74, 6) is 0. The fourth-order valence-electron chi connectivity index (χ4n) is 4.16. The van der Waals surface area contributed by atoms with Crippen LogP contribution in [0.3, 0.4) is 0 Å². The molecule has 2 atom stereocenters. The van der Waals surface area contributed by atoms with Crippen molar-refractivity contribution in [1.29, 1.82) is 0 Å². The lowest BCUT2D eigenvalue weighted by molar-refractivity contribution is 0.132. The molecule has 0 spiro atoms. The molecule has 144 valence electrons. The highest BCUT2D eigenvalue weighted by molar-refractivity contribution is 7.92. The monoisotopic (exact) mass is 407 g/mol. The first kappa shape index (κ1) is 18.3. The average Bonchev–Trinajstić information content (AvgIpc) is 2.59. The number of para-hydroxylation sites is 2. The van der Waals surface area contributed by atoms with E-state index >= 15 is 0 Å². The number of hydrogen-bond donors (Lipinski definition) is 0. The van der Waals surface area contributed by atoms with Gasteiger partial charge in [-0.1, -0.05) is 43.3 Å². The molecule has 0 N–H and O–H groups in total. The highest BCUT2D eigenvalue weighted by atomic mass is 32.2. The molecule has 0 fully saturated rings. The van der Waals surface area contributed by atoms with Crippen molar-refractivity contribution in [2.45, 2.75) is 19.3 Å². The maximum absolute atomic E-state index is 12.8. The van der Waals surface area contributed by atoms with Gasteiger partial charge in [0.25, 0.3) is 0 Å². The first-order valence-electron chi connectivity index (χ1n) is 8.58. The molecule has 2 aromatic rings. The molecule has 0 amide bonds. The minimum absolute atomic E-state index is 0.482. The predicted octanol–water partition coefficient (Wildman–Crippen LogP) is 2.27. The molecule has 9 heteroatoms. The van der Waals surface area contributed by atoms with Crippen molar-refractivity contribution in [3.8, 4) is 0 Å². The van der Waals surface area contributed by atoms with E-state index in [9.17, 15) is 16.8 Å². The Labute approximate surface area is 159 Å². The van der Waals surface area contributed by atoms with Crippen LogP contribution in [0.25, 0.3) is 0 Å². The lowest BCUT2D eigenvalue weighted by Gasteiger charge is -2.55. The van der Waals surface area contributed by atoms with Crippen molar-refractivity contribution < 1.29 is 16.8 Å². The third-order valence-electron chi connectivity index (χ3n) is 5.06. The van der Waals surface area contributed by atoms with Crippen LogP contribution in [0.15, 0.2) is 48.5 Å². The van der Waals surface area contributed by atoms with Gasteiger partial charge in [0.1, 0.15) is 12.3 Å². The maximum Gasteiger partial charge on any atom is 0.233 e. The Morgan fingerprint density at radius 1 is 0.741 bits per heavy atom. The topological polar surface area (TPSA) is 78.0 Å². The van der Waals surface area contributed by atoms with Crippen molar-refractivity contribution in [2.24, 2.45) is 0 Å². The number of anilines is 2. The lowest BCUT2D eigenvalue weighted by atomic mass is 9.96. The van der Waals surface area contributed by atoms with Crippen LogP contribution in [0.4, 0.5) is 11.4 Å². The SMILES string of the molecule is CCN1[C@H]2c3ccccc3N(S(C)(=O)=O)[C@H]1c1ccccc1N2S(C)(=O)=O. The predicted molar refractivity (Wildman–Crippen MR) is 105 cm³/mol. The van der Waals surface area contributed by atoms with E-state index in [1.807, 2.05) is 11.8 Å². The number of fused-ring (bicyclic) bond motifs is 6. The van der Waals surface area contributed by atoms with Crippen LogP contribution < -0.4 is 8.61 Å². The van der Waals surface area contributed by atoms with Crippen molar-refractivity contribution in [2.75, 3.05) is 27.7 Å². The van der Waals surface area contributed by atoms with Crippen molar-refractivity contribution in [3.05, 3.63) is 59.7 Å². The van der Waals surface area contributed by atoms with Gasteiger partial charge < -0.3 is 0 Å². The smallest absolute Gasteiger partial charge is 0.233 e. The van der Waals surface area contributed by atoms with E-state index in [4.69, 9.17) is 0 Å². The molecule has 2 bridgehead atoms. The van der Waals surface area contributed by atoms with Gasteiger partial charge in [-0.2, -0.15) is 0 Å². The second kappa shape index (κ2) is 5.95. The zero-order valence-corrected chi connectivity index (χ0v) is 16.9. The van der Waals surface area contributed by atoms with Gasteiger partial charge in [0.2, 0.25) is 20.0 Å². The van der Waals surface area contributed by atoms with E-state index < -0.39 is 32.4 Å². The number of nitrogens with zero attached hydrogens (tertiary/aromatic N) is 3. The zero-order chi connectivity index (χ0) is 19.6. The van der Waals surface area contributed by atoms with E-state index in [1.165, 1.54) is 21.1 Å². The maximum atomic E-state index is 12.8. The van der Waals surface area contributed by atoms with Gasteiger partial charge in [0.15, 0.2) is 0 Å². The highest BCUT2D eigenvalue weighted by Crippen LogP contribution is 2.54. The third kappa shape index (κ3) is 2.64. The van der Waals surface area contributed by atoms with Gasteiger partial charge >= 0.3 is 0 Å². The molecule has 0 radical (unpaired) electrons. The molecule has 0 aromatic heterocycles. The van der Waals surface area contributed by atoms with E-state index in [0.29, 0.717) is 29.0 Å². The molecule has 0 saturated heterocycles. The van der Waals surface area contributed by atoms with Gasteiger partial charge in [0.05, 0.1) is 23.9 Å². The van der Waals surface area contributed by atoms with Crippen LogP contribution in [0, 0.1) is 0 Å². The molecule has 0 saturated carbocycles. The van der Waals surface area contributed by atoms with E-state index in [-0.39, 0.29) is 0 Å². The summed E-state index contributed by atoms with van der Waals surface area (Å²) in [4.78, 5) is 1.91. The zero-order valence-electron chi connectivity index (χ0n) is 15.3. The summed E-state index contributed by atoms with van der Waals surface area (Å²) in [6.45, 7) is 2.39. The van der Waals surface area contributed by atoms with Crippen LogP contribution in [0.2, 0.25) is 0 Å². The second-order valence-electron chi connectivity index (χ2n) is 6.81. The van der Waals surface area contributed by atoms with Gasteiger partial charge in [-0.15, -0.1) is 0 Å². The molecule has 27 heavy (non-hydrogen) atoms. The first-order chi connectivity index (χ1) is 12.7. The molecular formula is C18H21N3O4S2. The molecule has 4 rings (SSSR count). The van der Waals surface area contributed by atoms with Crippen molar-refractivity contribution in [3.63, 3.8) is 0 Å². The summed E-state index contributed by atoms with van der Waals surface area (Å²) >= 11 is 0. The average molecular weight is 408 g/mol. The van der Waals surface area contributed by atoms with Crippen molar-refractivity contribution in [1.82, 2.24) is 4.90 Å². The van der Waals surface area contributed by atoms with Crippen LogP contribution in [-0.4, -0.2) is 40.8 Å². The third-order valence-corrected chi connectivity index (χ3v) is 7.28. The number of hydrogen-bond acceptors (Lipinski definition) is 5. The second-order valence-corrected chi connectivity index (χ2v) is 10.5. The van der Waals surface area contributed by atoms with Gasteiger partial charge in [0, 0.05) is 11.1 Å². The summed E-state index contributed by atoms with van der Waals surface area (Å²) in [7, 11) is -7.21. The van der Waals surface area contributed by atoms with Crippen LogP contribution in [0.1, 0.15) is 30.4 Å². The summed E-state index contributed by atoms with van der Waals surface area (Å²) in [5, 5.41) is 0. The highest BCUT2D eigenvalue weighted by Gasteiger charge is 2.51. The Hall–Kier alpha value is -2.10. The Balaban J connectivity index is 2.14.